The first-order valence-electron chi connectivity index (χ1n) is 4.54. The van der Waals surface area contributed by atoms with E-state index < -0.39 is 0 Å². The predicted octanol–water partition coefficient (Wildman–Crippen LogP) is 3.08. The molecule has 0 bridgehead atoms. The molecule has 2 aliphatic carbocycles. The fraction of sp³-hybridized carbons (Fsp3) is 1.00. The molecule has 0 aromatic heterocycles. The maximum absolute atomic E-state index is 2.43. The number of hydrogen-bond donors (Lipinski definition) is 0. The van der Waals surface area contributed by atoms with Gasteiger partial charge in [-0.05, 0) is 35.5 Å². The minimum absolute atomic E-state index is 0.690. The summed E-state index contributed by atoms with van der Waals surface area (Å²) in [5.74, 6) is 2.11. The van der Waals surface area contributed by atoms with Gasteiger partial charge in [0.2, 0.25) is 0 Å². The van der Waals surface area contributed by atoms with Crippen molar-refractivity contribution in [2.24, 2.45) is 22.7 Å². The third kappa shape index (κ3) is 0.466. The first-order chi connectivity index (χ1) is 4.54. The molecule has 2 rings (SSSR count). The molecule has 0 heteroatoms. The van der Waals surface area contributed by atoms with Gasteiger partial charge in [0.15, 0.2) is 0 Å². The summed E-state index contributed by atoms with van der Waals surface area (Å²) >= 11 is 0. The molecule has 58 valence electrons. The van der Waals surface area contributed by atoms with Gasteiger partial charge in [0.25, 0.3) is 0 Å². The lowest BCUT2D eigenvalue weighted by Gasteiger charge is -2.41. The number of fused-ring (bicyclic) bond motifs is 1. The zero-order valence-electron chi connectivity index (χ0n) is 7.57. The highest BCUT2D eigenvalue weighted by atomic mass is 14.8. The van der Waals surface area contributed by atoms with Crippen LogP contribution < -0.4 is 0 Å². The minimum atomic E-state index is 0.690. The van der Waals surface area contributed by atoms with Crippen LogP contribution in [0.3, 0.4) is 0 Å². The van der Waals surface area contributed by atoms with Gasteiger partial charge in [0.1, 0.15) is 0 Å². The summed E-state index contributed by atoms with van der Waals surface area (Å²) in [6, 6.07) is 0. The summed E-state index contributed by atoms with van der Waals surface area (Å²) in [4.78, 5) is 0. The Labute approximate surface area is 64.0 Å². The molecule has 0 amide bonds. The fourth-order valence-corrected chi connectivity index (χ4v) is 3.92. The van der Waals surface area contributed by atoms with Gasteiger partial charge in [-0.2, -0.15) is 0 Å². The van der Waals surface area contributed by atoms with Crippen LogP contribution in [0.25, 0.3) is 0 Å². The first-order valence-corrected chi connectivity index (χ1v) is 4.54. The van der Waals surface area contributed by atoms with Crippen molar-refractivity contribution in [3.8, 4) is 0 Å². The van der Waals surface area contributed by atoms with E-state index in [0.717, 1.165) is 17.3 Å². The normalized spacial score (nSPS) is 55.2. The van der Waals surface area contributed by atoms with Crippen LogP contribution in [0.1, 0.15) is 40.5 Å². The molecule has 2 aliphatic rings. The van der Waals surface area contributed by atoms with Crippen molar-refractivity contribution >= 4 is 0 Å². The Morgan fingerprint density at radius 1 is 1.40 bits per heavy atom. The van der Waals surface area contributed by atoms with Crippen LogP contribution in [0.4, 0.5) is 0 Å². The van der Waals surface area contributed by atoms with E-state index in [-0.39, 0.29) is 0 Å². The number of hydrogen-bond acceptors (Lipinski definition) is 0. The molecule has 2 saturated carbocycles. The van der Waals surface area contributed by atoms with Crippen molar-refractivity contribution in [3.05, 3.63) is 0 Å². The van der Waals surface area contributed by atoms with Gasteiger partial charge >= 0.3 is 0 Å². The number of rotatable bonds is 1. The Morgan fingerprint density at radius 3 is 2.10 bits per heavy atom. The van der Waals surface area contributed by atoms with Crippen LogP contribution in [-0.4, -0.2) is 0 Å². The molecule has 0 spiro atoms. The van der Waals surface area contributed by atoms with E-state index in [2.05, 4.69) is 27.7 Å². The lowest BCUT2D eigenvalue weighted by Crippen LogP contribution is -2.33. The smallest absolute Gasteiger partial charge is 0.0230 e. The van der Waals surface area contributed by atoms with Crippen LogP contribution in [0.15, 0.2) is 0 Å². The van der Waals surface area contributed by atoms with E-state index in [4.69, 9.17) is 0 Å². The molecule has 0 aromatic carbocycles. The van der Waals surface area contributed by atoms with E-state index in [1.54, 1.807) is 0 Å². The summed E-state index contributed by atoms with van der Waals surface area (Å²) in [5, 5.41) is 0. The van der Waals surface area contributed by atoms with Crippen molar-refractivity contribution < 1.29 is 0 Å². The summed E-state index contributed by atoms with van der Waals surface area (Å²) in [7, 11) is 0. The third-order valence-corrected chi connectivity index (χ3v) is 4.20. The Hall–Kier alpha value is 0. The highest BCUT2D eigenvalue weighted by molar-refractivity contribution is 5.22. The lowest BCUT2D eigenvalue weighted by atomic mass is 9.64. The molecular formula is C10H18. The van der Waals surface area contributed by atoms with Gasteiger partial charge in [-0.25, -0.2) is 0 Å². The first kappa shape index (κ1) is 6.69. The topological polar surface area (TPSA) is 0 Å². The van der Waals surface area contributed by atoms with Gasteiger partial charge in [0, 0.05) is 0 Å². The van der Waals surface area contributed by atoms with Crippen LogP contribution in [0.2, 0.25) is 0 Å². The molecule has 0 heterocycles. The van der Waals surface area contributed by atoms with Crippen molar-refractivity contribution in [2.75, 3.05) is 0 Å². The van der Waals surface area contributed by atoms with Crippen molar-refractivity contribution in [1.82, 2.24) is 0 Å². The van der Waals surface area contributed by atoms with Gasteiger partial charge in [0.05, 0.1) is 0 Å². The van der Waals surface area contributed by atoms with E-state index in [9.17, 15) is 0 Å². The van der Waals surface area contributed by atoms with Crippen molar-refractivity contribution in [1.29, 1.82) is 0 Å². The molecule has 3 unspecified atom stereocenters. The van der Waals surface area contributed by atoms with Crippen LogP contribution >= 0.6 is 0 Å². The average Bonchev–Trinajstić information content (AvgIpc) is 2.31. The van der Waals surface area contributed by atoms with Gasteiger partial charge in [-0.3, -0.25) is 0 Å². The molecular weight excluding hydrogens is 120 g/mol. The second-order valence-electron chi connectivity index (χ2n) is 5.02. The Morgan fingerprint density at radius 2 is 2.00 bits per heavy atom. The monoisotopic (exact) mass is 138 g/mol. The SMILES string of the molecule is CCC12CC(C)(C)C1C2C. The van der Waals surface area contributed by atoms with E-state index in [1.165, 1.54) is 12.8 Å². The summed E-state index contributed by atoms with van der Waals surface area (Å²) in [6.07, 6.45) is 2.91. The Bertz CT molecular complexity index is 169. The van der Waals surface area contributed by atoms with Gasteiger partial charge in [-0.1, -0.05) is 27.7 Å². The third-order valence-electron chi connectivity index (χ3n) is 4.20. The quantitative estimate of drug-likeness (QED) is 0.522. The summed E-state index contributed by atoms with van der Waals surface area (Å²) in [6.45, 7) is 9.64. The molecule has 0 radical (unpaired) electrons. The summed E-state index contributed by atoms with van der Waals surface area (Å²) in [5.41, 5.74) is 1.51. The largest absolute Gasteiger partial charge is 0.0648 e. The van der Waals surface area contributed by atoms with Crippen LogP contribution in [0.5, 0.6) is 0 Å². The van der Waals surface area contributed by atoms with E-state index in [1.807, 2.05) is 0 Å². The zero-order chi connectivity index (χ0) is 7.57. The van der Waals surface area contributed by atoms with Crippen molar-refractivity contribution in [2.45, 2.75) is 40.5 Å². The Kier molecular flexibility index (Phi) is 0.964. The highest BCUT2D eigenvalue weighted by Gasteiger charge is 2.74. The van der Waals surface area contributed by atoms with Gasteiger partial charge in [-0.15, -0.1) is 0 Å². The van der Waals surface area contributed by atoms with Gasteiger partial charge < -0.3 is 0 Å². The molecule has 0 nitrogen and oxygen atoms in total. The molecule has 0 N–H and O–H groups in total. The summed E-state index contributed by atoms with van der Waals surface area (Å²) < 4.78 is 0. The molecule has 0 saturated heterocycles. The standard InChI is InChI=1S/C10H18/c1-5-10-6-9(3,4)8(10)7(10)2/h7-8H,5-6H2,1-4H3. The fourth-order valence-electron chi connectivity index (χ4n) is 3.92. The minimum Gasteiger partial charge on any atom is -0.0648 e. The second kappa shape index (κ2) is 1.44. The molecule has 3 atom stereocenters. The maximum atomic E-state index is 2.43. The predicted molar refractivity (Wildman–Crippen MR) is 43.8 cm³/mol. The lowest BCUT2D eigenvalue weighted by molar-refractivity contribution is 0.0811. The maximum Gasteiger partial charge on any atom is -0.0230 e. The molecule has 0 aliphatic heterocycles. The van der Waals surface area contributed by atoms with Crippen molar-refractivity contribution in [3.63, 3.8) is 0 Å². The molecule has 0 aromatic rings. The Balaban J connectivity index is 2.14. The molecule has 10 heavy (non-hydrogen) atoms. The van der Waals surface area contributed by atoms with E-state index >= 15 is 0 Å². The van der Waals surface area contributed by atoms with Crippen LogP contribution in [0, 0.1) is 22.7 Å². The highest BCUT2D eigenvalue weighted by Crippen LogP contribution is 2.81. The zero-order valence-corrected chi connectivity index (χ0v) is 7.57. The second-order valence-corrected chi connectivity index (χ2v) is 5.02. The van der Waals surface area contributed by atoms with Crippen LogP contribution in [-0.2, 0) is 0 Å². The van der Waals surface area contributed by atoms with E-state index in [0.29, 0.717) is 5.41 Å². The average molecular weight is 138 g/mol. The molecule has 2 fully saturated rings.